The fraction of sp³-hybridized carbons (Fsp3) is 0.859. The van der Waals surface area contributed by atoms with Crippen molar-refractivity contribution in [3.05, 3.63) is 24.3 Å². The molecule has 4 aliphatic rings. The van der Waals surface area contributed by atoms with Crippen LogP contribution in [-0.4, -0.2) is 68.0 Å². The lowest BCUT2D eigenvalue weighted by Crippen LogP contribution is -2.54. The van der Waals surface area contributed by atoms with E-state index in [0.29, 0.717) is 48.7 Å². The number of unbranched alkanes of at least 4 members (excludes halogenated alkanes) is 23. The van der Waals surface area contributed by atoms with E-state index in [2.05, 4.69) is 52.0 Å². The van der Waals surface area contributed by atoms with Gasteiger partial charge in [0.05, 0.1) is 0 Å². The number of ketones is 1. The van der Waals surface area contributed by atoms with Crippen LogP contribution in [0, 0.1) is 46.3 Å². The first kappa shape index (κ1) is 71.8. The zero-order chi connectivity index (χ0) is 60.0. The van der Waals surface area contributed by atoms with Crippen molar-refractivity contribution in [1.29, 1.82) is 0 Å². The molecule has 0 N–H and O–H groups in total. The number of carbonyl (C=O) groups is 6. The minimum absolute atomic E-state index is 0.0331. The molecule has 12 heteroatoms. The summed E-state index contributed by atoms with van der Waals surface area (Å²) in [4.78, 5) is 76.6. The third-order valence-corrected chi connectivity index (χ3v) is 20.1. The van der Waals surface area contributed by atoms with Gasteiger partial charge in [-0.15, -0.1) is 0 Å². The predicted octanol–water partition coefficient (Wildman–Crippen LogP) is 18.9. The van der Waals surface area contributed by atoms with Crippen molar-refractivity contribution in [3.63, 3.8) is 0 Å². The number of fused-ring (bicyclic) bond motifs is 5. The summed E-state index contributed by atoms with van der Waals surface area (Å²) in [6.45, 7) is 12.2. The summed E-state index contributed by atoms with van der Waals surface area (Å²) in [5.41, 5.74) is 0.353. The largest absolute Gasteiger partial charge is 0.511 e. The van der Waals surface area contributed by atoms with Crippen LogP contribution in [0.1, 0.15) is 311 Å². The maximum absolute atomic E-state index is 13.1. The topological polar surface area (TPSA) is 158 Å². The number of hydrogen-bond donors (Lipinski definition) is 0. The minimum atomic E-state index is -0.903. The zero-order valence-corrected chi connectivity index (χ0v) is 53.6. The van der Waals surface area contributed by atoms with Gasteiger partial charge in [-0.3, -0.25) is 24.0 Å². The lowest BCUT2D eigenvalue weighted by atomic mass is 9.44. The monoisotopic (exact) mass is 1160 g/mol. The summed E-state index contributed by atoms with van der Waals surface area (Å²) in [6, 6.07) is 0. The number of esters is 4. The third kappa shape index (κ3) is 28.1. The Morgan fingerprint density at radius 2 is 0.976 bits per heavy atom. The number of rotatable bonds is 46. The van der Waals surface area contributed by atoms with Crippen LogP contribution in [0.3, 0.4) is 0 Å². The van der Waals surface area contributed by atoms with Crippen LogP contribution < -0.4 is 0 Å². The fourth-order valence-corrected chi connectivity index (χ4v) is 15.1. The van der Waals surface area contributed by atoms with Crippen molar-refractivity contribution in [3.8, 4) is 0 Å². The van der Waals surface area contributed by atoms with E-state index < -0.39 is 31.0 Å². The van der Waals surface area contributed by atoms with Gasteiger partial charge in [0.1, 0.15) is 25.1 Å². The van der Waals surface area contributed by atoms with E-state index in [4.69, 9.17) is 28.4 Å². The van der Waals surface area contributed by atoms with Crippen LogP contribution in [-0.2, 0) is 52.4 Å². The van der Waals surface area contributed by atoms with Gasteiger partial charge < -0.3 is 28.4 Å². The summed E-state index contributed by atoms with van der Waals surface area (Å²) in [5.74, 6) is 1.33. The van der Waals surface area contributed by atoms with Gasteiger partial charge in [0.2, 0.25) is 6.79 Å². The van der Waals surface area contributed by atoms with Crippen LogP contribution in [0.2, 0.25) is 0 Å². The van der Waals surface area contributed by atoms with Crippen LogP contribution >= 0.6 is 0 Å². The third-order valence-electron chi connectivity index (χ3n) is 20.1. The molecule has 0 heterocycles. The molecule has 0 amide bonds. The highest BCUT2D eigenvalue weighted by Gasteiger charge is 2.61. The summed E-state index contributed by atoms with van der Waals surface area (Å²) < 4.78 is 33.1. The molecular weight excluding hydrogens is 1040 g/mol. The van der Waals surface area contributed by atoms with Gasteiger partial charge in [0, 0.05) is 31.6 Å². The summed E-state index contributed by atoms with van der Waals surface area (Å²) >= 11 is 0. The van der Waals surface area contributed by atoms with E-state index in [1.54, 1.807) is 6.92 Å². The molecule has 0 aromatic heterocycles. The van der Waals surface area contributed by atoms with Crippen molar-refractivity contribution in [1.82, 2.24) is 0 Å². The molecule has 0 bridgehead atoms. The fourth-order valence-electron chi connectivity index (χ4n) is 15.1. The number of Topliss-reactive ketones (excluding diaryl/α,β-unsaturated/α-hetero) is 1. The van der Waals surface area contributed by atoms with Gasteiger partial charge in [-0.2, -0.15) is 0 Å². The normalized spacial score (nSPS) is 24.2. The molecule has 0 aliphatic heterocycles. The molecular formula is C71H120O12. The molecule has 4 rings (SSSR count). The number of carbonyl (C=O) groups excluding carboxylic acids is 6. The first-order valence-electron chi connectivity index (χ1n) is 34.5. The Morgan fingerprint density at radius 1 is 0.494 bits per heavy atom. The highest BCUT2D eigenvalue weighted by Crippen LogP contribution is 2.67. The lowest BCUT2D eigenvalue weighted by molar-refractivity contribution is -0.167. The number of ether oxygens (including phenoxy) is 6. The van der Waals surface area contributed by atoms with Crippen LogP contribution in [0.4, 0.5) is 4.79 Å². The Bertz CT molecular complexity index is 1840. The lowest BCUT2D eigenvalue weighted by Gasteiger charge is -2.61. The number of hydrogen-bond acceptors (Lipinski definition) is 12. The molecule has 0 saturated heterocycles. The van der Waals surface area contributed by atoms with Crippen molar-refractivity contribution in [2.75, 3.05) is 20.0 Å². The van der Waals surface area contributed by atoms with Crippen LogP contribution in [0.15, 0.2) is 24.3 Å². The van der Waals surface area contributed by atoms with Crippen molar-refractivity contribution < 1.29 is 57.2 Å². The van der Waals surface area contributed by atoms with Crippen molar-refractivity contribution in [2.24, 2.45) is 46.3 Å². The molecule has 83 heavy (non-hydrogen) atoms. The molecule has 4 saturated carbocycles. The Hall–Kier alpha value is -3.70. The molecule has 4 fully saturated rings. The highest BCUT2D eigenvalue weighted by molar-refractivity contribution is 5.79. The Balaban J connectivity index is 1.07. The summed E-state index contributed by atoms with van der Waals surface area (Å²) in [7, 11) is 0. The van der Waals surface area contributed by atoms with Crippen LogP contribution in [0.5, 0.6) is 0 Å². The van der Waals surface area contributed by atoms with Gasteiger partial charge in [-0.1, -0.05) is 174 Å². The Kier molecular flexibility index (Phi) is 36.5. The summed E-state index contributed by atoms with van der Waals surface area (Å²) in [5, 5.41) is 0. The second-order valence-electron chi connectivity index (χ2n) is 26.7. The van der Waals surface area contributed by atoms with Gasteiger partial charge in [-0.05, 0) is 176 Å². The van der Waals surface area contributed by atoms with Crippen molar-refractivity contribution in [2.45, 2.75) is 323 Å². The average molecular weight is 1170 g/mol. The van der Waals surface area contributed by atoms with Crippen molar-refractivity contribution >= 4 is 35.8 Å². The Labute approximate surface area is 505 Å². The molecule has 476 valence electrons. The smallest absolute Gasteiger partial charge is 0.462 e. The minimum Gasteiger partial charge on any atom is -0.462 e. The average Bonchev–Trinajstić information content (AvgIpc) is 3.07. The zero-order valence-electron chi connectivity index (χ0n) is 53.6. The van der Waals surface area contributed by atoms with E-state index in [9.17, 15) is 28.8 Å². The van der Waals surface area contributed by atoms with E-state index in [1.807, 2.05) is 6.92 Å². The van der Waals surface area contributed by atoms with Gasteiger partial charge in [-0.25, -0.2) is 4.79 Å². The predicted molar refractivity (Wildman–Crippen MR) is 331 cm³/mol. The molecule has 4 aliphatic carbocycles. The second-order valence-corrected chi connectivity index (χ2v) is 26.7. The van der Waals surface area contributed by atoms with E-state index in [1.165, 1.54) is 109 Å². The maximum Gasteiger partial charge on any atom is 0.511 e. The van der Waals surface area contributed by atoms with Gasteiger partial charge >= 0.3 is 30.0 Å². The number of allylic oxidation sites excluding steroid dienone is 4. The first-order valence-corrected chi connectivity index (χ1v) is 34.5. The second kappa shape index (κ2) is 42.2. The molecule has 9 atom stereocenters. The van der Waals surface area contributed by atoms with Gasteiger partial charge in [0.15, 0.2) is 6.10 Å². The standard InChI is InChI=1S/C71H120O12/c1-7-9-11-13-15-17-19-21-23-25-27-29-31-33-35-40-65(73)78-53-60(54-79-66(74)41-36-34-32-30-28-26-24-22-20-18-16-14-12-10-8-2)82-67(75)42-38-37-39-56(3)51-68(76)80-55-81-69(77)83-59-47-49-70(5)58(52-59)43-44-61-63-46-45-62(57(4)72)71(63,6)50-48-64(61)70/h21-24,56,58-64H,7-20,25-55H2,1-6H3/b23-21-,24-22-/t56?,58-,59+,61-,62+,63-,64-,70-,71+/m0/s1. The Morgan fingerprint density at radius 3 is 1.52 bits per heavy atom. The van der Waals surface area contributed by atoms with E-state index in [0.717, 1.165) is 116 Å². The molecule has 0 aromatic rings. The van der Waals surface area contributed by atoms with E-state index >= 15 is 0 Å². The molecule has 12 nitrogen and oxygen atoms in total. The van der Waals surface area contributed by atoms with Gasteiger partial charge in [0.25, 0.3) is 0 Å². The molecule has 0 spiro atoms. The maximum atomic E-state index is 13.1. The first-order chi connectivity index (χ1) is 40.2. The van der Waals surface area contributed by atoms with Crippen LogP contribution in [0.25, 0.3) is 0 Å². The molecule has 0 radical (unpaired) electrons. The quantitative estimate of drug-likeness (QED) is 0.0187. The molecule has 1 unspecified atom stereocenters. The molecule has 0 aromatic carbocycles. The highest BCUT2D eigenvalue weighted by atomic mass is 16.8. The SMILES string of the molecule is CCCCCCCC/C=C\CCCCCCCC(=O)OCC(COC(=O)CCCCCCC/C=C\CCCCCCCC)OC(=O)CCCCC(C)CC(=O)OCOC(=O)O[C@@H]1CC[C@@]2(C)[C@@H](CC[C@@H]3[C@@H]2CC[C@]2(C)[C@@H](C(C)=O)CC[C@@H]32)C1. The summed E-state index contributed by atoms with van der Waals surface area (Å²) in [6.07, 6.45) is 50.0. The van der Waals surface area contributed by atoms with E-state index in [-0.39, 0.29) is 79.6 Å².